The van der Waals surface area contributed by atoms with Gasteiger partial charge >= 0.3 is 5.97 Å². The van der Waals surface area contributed by atoms with Crippen molar-refractivity contribution < 1.29 is 9.53 Å². The van der Waals surface area contributed by atoms with Crippen LogP contribution in [0.25, 0.3) is 11.0 Å². The zero-order valence-electron chi connectivity index (χ0n) is 14.0. The lowest BCUT2D eigenvalue weighted by Crippen LogP contribution is -2.12. The smallest absolute Gasteiger partial charge is 0.345 e. The Bertz CT molecular complexity index is 931. The summed E-state index contributed by atoms with van der Waals surface area (Å²) in [5, 5.41) is 5.75. The van der Waals surface area contributed by atoms with E-state index in [1.807, 2.05) is 25.5 Å². The monoisotopic (exact) mass is 343 g/mol. The number of halogens is 1. The molecule has 0 saturated heterocycles. The lowest BCUT2D eigenvalue weighted by Gasteiger charge is -2.10. The molecule has 3 aromatic rings. The molecule has 0 atom stereocenters. The second kappa shape index (κ2) is 6.24. The Kier molecular flexibility index (Phi) is 4.28. The Balaban J connectivity index is 1.96. The van der Waals surface area contributed by atoms with Crippen molar-refractivity contribution in [1.82, 2.24) is 14.8 Å². The Labute approximate surface area is 145 Å². The van der Waals surface area contributed by atoms with Crippen molar-refractivity contribution in [3.63, 3.8) is 0 Å². The first-order valence-corrected chi connectivity index (χ1v) is 8.08. The number of pyridine rings is 1. The van der Waals surface area contributed by atoms with E-state index in [0.717, 1.165) is 16.6 Å². The summed E-state index contributed by atoms with van der Waals surface area (Å²) in [6, 6.07) is 7.11. The van der Waals surface area contributed by atoms with Crippen molar-refractivity contribution in [3.05, 3.63) is 52.3 Å². The molecule has 0 bridgehead atoms. The molecule has 0 aliphatic rings. The topological polar surface area (TPSA) is 57.0 Å². The number of hydrogen-bond donors (Lipinski definition) is 0. The molecule has 6 heteroatoms. The van der Waals surface area contributed by atoms with E-state index >= 15 is 0 Å². The average Bonchev–Trinajstić information content (AvgIpc) is 2.92. The predicted octanol–water partition coefficient (Wildman–Crippen LogP) is 4.50. The summed E-state index contributed by atoms with van der Waals surface area (Å²) in [6.07, 6.45) is 1.71. The molecule has 0 N–H and O–H groups in total. The van der Waals surface area contributed by atoms with Gasteiger partial charge in [-0.2, -0.15) is 5.10 Å². The van der Waals surface area contributed by atoms with Crippen LogP contribution in [-0.4, -0.2) is 20.7 Å². The van der Waals surface area contributed by atoms with Gasteiger partial charge in [0.05, 0.1) is 17.5 Å². The number of aryl methyl sites for hydroxylation is 2. The first-order chi connectivity index (χ1) is 11.4. The number of hydrogen-bond acceptors (Lipinski definition) is 4. The van der Waals surface area contributed by atoms with Crippen LogP contribution in [0, 0.1) is 13.8 Å². The molecule has 24 heavy (non-hydrogen) atoms. The van der Waals surface area contributed by atoms with E-state index in [9.17, 15) is 4.79 Å². The second-order valence-electron chi connectivity index (χ2n) is 6.02. The van der Waals surface area contributed by atoms with Crippen LogP contribution in [0.5, 0.6) is 5.75 Å². The van der Waals surface area contributed by atoms with E-state index < -0.39 is 5.97 Å². The molecule has 0 spiro atoms. The van der Waals surface area contributed by atoms with E-state index in [1.165, 1.54) is 0 Å². The zero-order chi connectivity index (χ0) is 17.4. The molecular formula is C18H18ClN3O2. The largest absolute Gasteiger partial charge is 0.423 e. The molecular weight excluding hydrogens is 326 g/mol. The summed E-state index contributed by atoms with van der Waals surface area (Å²) in [6.45, 7) is 7.71. The highest BCUT2D eigenvalue weighted by atomic mass is 35.5. The van der Waals surface area contributed by atoms with Gasteiger partial charge in [0.15, 0.2) is 5.65 Å². The number of carbonyl (C=O) groups is 1. The highest BCUT2D eigenvalue weighted by molar-refractivity contribution is 6.30. The van der Waals surface area contributed by atoms with Crippen LogP contribution in [0.3, 0.4) is 0 Å². The third-order valence-electron chi connectivity index (χ3n) is 3.81. The van der Waals surface area contributed by atoms with Crippen LogP contribution in [0.1, 0.15) is 41.5 Å². The number of carbonyl (C=O) groups excluding carboxylic acids is 1. The maximum Gasteiger partial charge on any atom is 0.345 e. The summed E-state index contributed by atoms with van der Waals surface area (Å²) < 4.78 is 7.34. The molecule has 3 rings (SSSR count). The van der Waals surface area contributed by atoms with Crippen molar-refractivity contribution in [2.45, 2.75) is 33.7 Å². The highest BCUT2D eigenvalue weighted by Crippen LogP contribution is 2.24. The maximum atomic E-state index is 12.5. The summed E-state index contributed by atoms with van der Waals surface area (Å²) in [4.78, 5) is 17.1. The van der Waals surface area contributed by atoms with Crippen molar-refractivity contribution in [1.29, 1.82) is 0 Å². The van der Waals surface area contributed by atoms with Crippen molar-refractivity contribution in [2.75, 3.05) is 0 Å². The van der Waals surface area contributed by atoms with E-state index in [-0.39, 0.29) is 6.04 Å². The minimum absolute atomic E-state index is 0.198. The van der Waals surface area contributed by atoms with Gasteiger partial charge in [-0.1, -0.05) is 11.6 Å². The Morgan fingerprint density at radius 1 is 1.25 bits per heavy atom. The number of rotatable bonds is 3. The van der Waals surface area contributed by atoms with Gasteiger partial charge < -0.3 is 4.74 Å². The zero-order valence-corrected chi connectivity index (χ0v) is 14.8. The lowest BCUT2D eigenvalue weighted by atomic mass is 10.1. The summed E-state index contributed by atoms with van der Waals surface area (Å²) in [7, 11) is 0. The van der Waals surface area contributed by atoms with Crippen LogP contribution in [-0.2, 0) is 0 Å². The fourth-order valence-corrected chi connectivity index (χ4v) is 2.76. The van der Waals surface area contributed by atoms with E-state index in [4.69, 9.17) is 16.3 Å². The van der Waals surface area contributed by atoms with Crippen LogP contribution < -0.4 is 4.74 Å². The molecule has 5 nitrogen and oxygen atoms in total. The number of benzene rings is 1. The van der Waals surface area contributed by atoms with E-state index in [0.29, 0.717) is 22.0 Å². The molecule has 2 aromatic heterocycles. The van der Waals surface area contributed by atoms with Crippen molar-refractivity contribution in [2.24, 2.45) is 0 Å². The molecule has 0 saturated carbocycles. The second-order valence-corrected chi connectivity index (χ2v) is 6.45. The third-order valence-corrected chi connectivity index (χ3v) is 4.04. The minimum Gasteiger partial charge on any atom is -0.423 e. The SMILES string of the molecule is Cc1cc(Cl)ccc1OC(=O)c1cc2cnn(C(C)C)c2nc1C. The standard InChI is InChI=1S/C18H18ClN3O2/c1-10(2)22-17-13(9-20-22)8-15(12(4)21-17)18(23)24-16-6-5-14(19)7-11(16)3/h5-10H,1-4H3. The predicted molar refractivity (Wildman–Crippen MR) is 93.8 cm³/mol. The number of ether oxygens (including phenoxy) is 1. The maximum absolute atomic E-state index is 12.5. The number of nitrogens with zero attached hydrogens (tertiary/aromatic N) is 3. The van der Waals surface area contributed by atoms with Gasteiger partial charge in [0.25, 0.3) is 0 Å². The molecule has 2 heterocycles. The molecule has 0 amide bonds. The van der Waals surface area contributed by atoms with Crippen LogP contribution in [0.4, 0.5) is 0 Å². The summed E-state index contributed by atoms with van der Waals surface area (Å²) >= 11 is 5.93. The van der Waals surface area contributed by atoms with Crippen LogP contribution in [0.2, 0.25) is 5.02 Å². The van der Waals surface area contributed by atoms with Crippen LogP contribution >= 0.6 is 11.6 Å². The molecule has 0 aliphatic heterocycles. The molecule has 0 fully saturated rings. The van der Waals surface area contributed by atoms with Gasteiger partial charge in [-0.05, 0) is 57.5 Å². The first-order valence-electron chi connectivity index (χ1n) is 7.70. The fraction of sp³-hybridized carbons (Fsp3) is 0.278. The Hall–Kier alpha value is -2.40. The molecule has 124 valence electrons. The minimum atomic E-state index is -0.440. The lowest BCUT2D eigenvalue weighted by molar-refractivity contribution is 0.0732. The molecule has 1 aromatic carbocycles. The highest BCUT2D eigenvalue weighted by Gasteiger charge is 2.17. The average molecular weight is 344 g/mol. The molecule has 0 radical (unpaired) electrons. The fourth-order valence-electron chi connectivity index (χ4n) is 2.53. The van der Waals surface area contributed by atoms with Crippen LogP contribution in [0.15, 0.2) is 30.5 Å². The molecule has 0 aliphatic carbocycles. The number of aromatic nitrogens is 3. The van der Waals surface area contributed by atoms with E-state index in [2.05, 4.69) is 10.1 Å². The summed E-state index contributed by atoms with van der Waals surface area (Å²) in [5.41, 5.74) is 2.61. The van der Waals surface area contributed by atoms with Gasteiger partial charge in [0.2, 0.25) is 0 Å². The number of esters is 1. The first kappa shape index (κ1) is 16.5. The van der Waals surface area contributed by atoms with Gasteiger partial charge in [0, 0.05) is 16.5 Å². The van der Waals surface area contributed by atoms with Gasteiger partial charge in [0.1, 0.15) is 5.75 Å². The Morgan fingerprint density at radius 3 is 2.67 bits per heavy atom. The quantitative estimate of drug-likeness (QED) is 0.519. The van der Waals surface area contributed by atoms with E-state index in [1.54, 1.807) is 37.4 Å². The normalized spacial score (nSPS) is 11.2. The third kappa shape index (κ3) is 2.99. The van der Waals surface area contributed by atoms with Crippen molar-refractivity contribution >= 4 is 28.6 Å². The van der Waals surface area contributed by atoms with Gasteiger partial charge in [-0.25, -0.2) is 14.5 Å². The van der Waals surface area contributed by atoms with Crippen molar-refractivity contribution in [3.8, 4) is 5.75 Å². The number of fused-ring (bicyclic) bond motifs is 1. The summed E-state index contributed by atoms with van der Waals surface area (Å²) in [5.74, 6) is 0.0476. The van der Waals surface area contributed by atoms with Gasteiger partial charge in [-0.15, -0.1) is 0 Å². The molecule has 0 unspecified atom stereocenters. The Morgan fingerprint density at radius 2 is 2.00 bits per heavy atom. The van der Waals surface area contributed by atoms with Gasteiger partial charge in [-0.3, -0.25) is 0 Å².